The highest BCUT2D eigenvalue weighted by Crippen LogP contribution is 2.33. The van der Waals surface area contributed by atoms with Crippen LogP contribution in [0, 0.1) is 23.7 Å². The summed E-state index contributed by atoms with van der Waals surface area (Å²) < 4.78 is 5.33. The molecule has 0 bridgehead atoms. The zero-order valence-electron chi connectivity index (χ0n) is 20.0. The molecule has 0 amide bonds. The van der Waals surface area contributed by atoms with E-state index in [4.69, 9.17) is 27.9 Å². The van der Waals surface area contributed by atoms with Gasteiger partial charge in [0.2, 0.25) is 0 Å². The Morgan fingerprint density at radius 2 is 2.06 bits per heavy atom. The third kappa shape index (κ3) is 6.29. The molecule has 3 aromatic rings. The van der Waals surface area contributed by atoms with Crippen molar-refractivity contribution < 1.29 is 19.7 Å². The number of carbonyl (C=O) groups is 1. The van der Waals surface area contributed by atoms with Crippen molar-refractivity contribution >= 4 is 40.1 Å². The molecule has 2 heterocycles. The standard InChI is InChI=1S/C28H28Cl2N2O4/c1-36-20-6-8-26-22(16-20)21(10-12-31-26)27(33)9-5-19-11-14-32(17-23(19)28(34)35)13-2-3-18-4-7-24(29)25(30)15-18/h4,6-8,10,12,15-16,19,23,27,33H,5,9,11,13-14,17H2,1H3,(H,34,35)/t19-,23+,27-/m1/s1. The normalized spacial score (nSPS) is 18.9. The summed E-state index contributed by atoms with van der Waals surface area (Å²) in [6.07, 6.45) is 2.80. The molecule has 4 rings (SSSR count). The number of pyridine rings is 1. The highest BCUT2D eigenvalue weighted by molar-refractivity contribution is 6.42. The number of likely N-dealkylation sites (tertiary alicyclic amines) is 1. The molecule has 6 nitrogen and oxygen atoms in total. The molecular formula is C28H28Cl2N2O4. The summed E-state index contributed by atoms with van der Waals surface area (Å²) in [5, 5.41) is 22.7. The number of aromatic nitrogens is 1. The fourth-order valence-corrected chi connectivity index (χ4v) is 5.05. The Morgan fingerprint density at radius 3 is 2.81 bits per heavy atom. The number of benzene rings is 2. The van der Waals surface area contributed by atoms with Crippen molar-refractivity contribution in [1.82, 2.24) is 9.88 Å². The maximum Gasteiger partial charge on any atom is 0.308 e. The lowest BCUT2D eigenvalue weighted by atomic mass is 9.81. The van der Waals surface area contributed by atoms with E-state index >= 15 is 0 Å². The number of halogens is 2. The number of carboxylic acid groups (broad SMARTS) is 1. The van der Waals surface area contributed by atoms with Crippen LogP contribution in [0.25, 0.3) is 10.9 Å². The number of hydrogen-bond acceptors (Lipinski definition) is 5. The number of nitrogens with zero attached hydrogens (tertiary/aromatic N) is 2. The minimum atomic E-state index is -0.810. The summed E-state index contributed by atoms with van der Waals surface area (Å²) in [6.45, 7) is 1.67. The van der Waals surface area contributed by atoms with E-state index in [9.17, 15) is 15.0 Å². The summed E-state index contributed by atoms with van der Waals surface area (Å²) in [6, 6.07) is 12.6. The van der Waals surface area contributed by atoms with Gasteiger partial charge >= 0.3 is 5.97 Å². The number of rotatable bonds is 7. The van der Waals surface area contributed by atoms with E-state index < -0.39 is 18.0 Å². The molecule has 36 heavy (non-hydrogen) atoms. The average molecular weight is 527 g/mol. The van der Waals surface area contributed by atoms with Gasteiger partial charge in [-0.05, 0) is 79.8 Å². The molecule has 0 saturated carbocycles. The number of fused-ring (bicyclic) bond motifs is 1. The smallest absolute Gasteiger partial charge is 0.308 e. The number of piperidine rings is 1. The predicted molar refractivity (Wildman–Crippen MR) is 142 cm³/mol. The van der Waals surface area contributed by atoms with Gasteiger partial charge in [-0.3, -0.25) is 14.7 Å². The largest absolute Gasteiger partial charge is 0.497 e. The first-order valence-electron chi connectivity index (χ1n) is 11.9. The van der Waals surface area contributed by atoms with Crippen LogP contribution in [0.3, 0.4) is 0 Å². The number of ether oxygens (including phenoxy) is 1. The molecule has 188 valence electrons. The van der Waals surface area contributed by atoms with E-state index in [1.165, 1.54) is 0 Å². The van der Waals surface area contributed by atoms with E-state index in [2.05, 4.69) is 21.7 Å². The van der Waals surface area contributed by atoms with Crippen LogP contribution in [-0.2, 0) is 4.79 Å². The molecule has 1 aromatic heterocycles. The summed E-state index contributed by atoms with van der Waals surface area (Å²) in [5.74, 6) is 5.55. The second kappa shape index (κ2) is 11.9. The van der Waals surface area contributed by atoms with Crippen LogP contribution < -0.4 is 4.74 Å². The molecule has 1 aliphatic rings. The van der Waals surface area contributed by atoms with E-state index in [1.54, 1.807) is 31.5 Å². The molecular weight excluding hydrogens is 499 g/mol. The quantitative estimate of drug-likeness (QED) is 0.399. The van der Waals surface area contributed by atoms with Crippen LogP contribution in [0.4, 0.5) is 0 Å². The van der Waals surface area contributed by atoms with Crippen molar-refractivity contribution in [2.75, 3.05) is 26.7 Å². The van der Waals surface area contributed by atoms with Gasteiger partial charge in [0, 0.05) is 23.7 Å². The van der Waals surface area contributed by atoms with Crippen LogP contribution in [-0.4, -0.2) is 52.8 Å². The van der Waals surface area contributed by atoms with Crippen molar-refractivity contribution in [3.63, 3.8) is 0 Å². The van der Waals surface area contributed by atoms with E-state index in [0.29, 0.717) is 41.7 Å². The Bertz CT molecular complexity index is 1300. The summed E-state index contributed by atoms with van der Waals surface area (Å²) >= 11 is 12.0. The van der Waals surface area contributed by atoms with Gasteiger partial charge in [0.15, 0.2) is 0 Å². The van der Waals surface area contributed by atoms with E-state index in [1.807, 2.05) is 24.3 Å². The highest BCUT2D eigenvalue weighted by Gasteiger charge is 2.34. The van der Waals surface area contributed by atoms with Gasteiger partial charge in [-0.2, -0.15) is 0 Å². The SMILES string of the molecule is COc1ccc2nccc([C@H](O)CC[C@@H]3CCN(CC#Cc4ccc(Cl)c(Cl)c4)C[C@@H]3C(=O)O)c2c1. The second-order valence-electron chi connectivity index (χ2n) is 9.04. The number of methoxy groups -OCH3 is 1. The Morgan fingerprint density at radius 1 is 1.22 bits per heavy atom. The molecule has 0 unspecified atom stereocenters. The van der Waals surface area contributed by atoms with Crippen molar-refractivity contribution in [2.24, 2.45) is 11.8 Å². The predicted octanol–water partition coefficient (Wildman–Crippen LogP) is 5.44. The van der Waals surface area contributed by atoms with Gasteiger partial charge in [-0.25, -0.2) is 0 Å². The van der Waals surface area contributed by atoms with Crippen LogP contribution in [0.1, 0.15) is 36.5 Å². The molecule has 1 saturated heterocycles. The van der Waals surface area contributed by atoms with E-state index in [0.717, 1.165) is 35.0 Å². The molecule has 2 N–H and O–H groups in total. The highest BCUT2D eigenvalue weighted by atomic mass is 35.5. The zero-order valence-corrected chi connectivity index (χ0v) is 21.5. The molecule has 0 aliphatic carbocycles. The third-order valence-corrected chi connectivity index (χ3v) is 7.50. The van der Waals surface area contributed by atoms with Crippen LogP contribution in [0.15, 0.2) is 48.7 Å². The third-order valence-electron chi connectivity index (χ3n) is 6.76. The van der Waals surface area contributed by atoms with Gasteiger partial charge in [0.1, 0.15) is 5.75 Å². The molecule has 0 spiro atoms. The number of aliphatic hydroxyl groups is 1. The molecule has 1 fully saturated rings. The zero-order chi connectivity index (χ0) is 25.7. The molecule has 3 atom stereocenters. The fraction of sp³-hybridized carbons (Fsp3) is 0.357. The Labute approximate surface area is 220 Å². The second-order valence-corrected chi connectivity index (χ2v) is 9.85. The topological polar surface area (TPSA) is 82.9 Å². The fourth-order valence-electron chi connectivity index (χ4n) is 4.76. The number of carboxylic acids is 1. The summed E-state index contributed by atoms with van der Waals surface area (Å²) in [5.41, 5.74) is 2.33. The van der Waals surface area contributed by atoms with Crippen LogP contribution >= 0.6 is 23.2 Å². The summed E-state index contributed by atoms with van der Waals surface area (Å²) in [4.78, 5) is 18.5. The maximum absolute atomic E-state index is 12.1. The van der Waals surface area contributed by atoms with E-state index in [-0.39, 0.29) is 5.92 Å². The Balaban J connectivity index is 1.37. The molecule has 8 heteroatoms. The van der Waals surface area contributed by atoms with Crippen molar-refractivity contribution in [3.8, 4) is 17.6 Å². The number of hydrogen-bond donors (Lipinski definition) is 2. The van der Waals surface area contributed by atoms with Gasteiger partial charge in [-0.15, -0.1) is 0 Å². The first kappa shape index (κ1) is 26.2. The van der Waals surface area contributed by atoms with Gasteiger partial charge in [0.05, 0.1) is 41.2 Å². The molecule has 2 aromatic carbocycles. The number of aliphatic carboxylic acids is 1. The summed E-state index contributed by atoms with van der Waals surface area (Å²) in [7, 11) is 1.60. The van der Waals surface area contributed by atoms with Gasteiger partial charge < -0.3 is 14.9 Å². The molecule has 1 aliphatic heterocycles. The van der Waals surface area contributed by atoms with Crippen molar-refractivity contribution in [2.45, 2.75) is 25.4 Å². The Kier molecular flexibility index (Phi) is 8.71. The minimum absolute atomic E-state index is 0.0148. The Hall–Kier alpha value is -2.82. The van der Waals surface area contributed by atoms with Gasteiger partial charge in [0.25, 0.3) is 0 Å². The van der Waals surface area contributed by atoms with Gasteiger partial charge in [-0.1, -0.05) is 35.0 Å². The first-order valence-corrected chi connectivity index (χ1v) is 12.6. The molecule has 0 radical (unpaired) electrons. The van der Waals surface area contributed by atoms with Crippen LogP contribution in [0.2, 0.25) is 10.0 Å². The number of aliphatic hydroxyl groups excluding tert-OH is 1. The lowest BCUT2D eigenvalue weighted by molar-refractivity contribution is -0.146. The van der Waals surface area contributed by atoms with Crippen molar-refractivity contribution in [1.29, 1.82) is 0 Å². The monoisotopic (exact) mass is 526 g/mol. The minimum Gasteiger partial charge on any atom is -0.497 e. The van der Waals surface area contributed by atoms with Crippen LogP contribution in [0.5, 0.6) is 5.75 Å². The lowest BCUT2D eigenvalue weighted by Crippen LogP contribution is -2.44. The first-order chi connectivity index (χ1) is 17.4. The maximum atomic E-state index is 12.1. The average Bonchev–Trinajstić information content (AvgIpc) is 2.88. The lowest BCUT2D eigenvalue weighted by Gasteiger charge is -2.36. The van der Waals surface area contributed by atoms with Crippen molar-refractivity contribution in [3.05, 3.63) is 69.8 Å².